The van der Waals surface area contributed by atoms with Crippen LogP contribution in [0.1, 0.15) is 103 Å². The topological polar surface area (TPSA) is 177 Å². The van der Waals surface area contributed by atoms with E-state index in [1.807, 2.05) is 64.4 Å². The zero-order valence-electron chi connectivity index (χ0n) is 36.7. The second-order valence-electron chi connectivity index (χ2n) is 19.0. The van der Waals surface area contributed by atoms with Crippen LogP contribution in [0.15, 0.2) is 77.2 Å². The van der Waals surface area contributed by atoms with Crippen molar-refractivity contribution in [3.8, 4) is 11.3 Å². The number of amides is 6. The molecule has 6 aliphatic rings. The number of nitrogens with zero attached hydrogens (tertiary/aromatic N) is 6. The van der Waals surface area contributed by atoms with E-state index < -0.39 is 6.04 Å². The molecule has 4 aromatic carbocycles. The van der Waals surface area contributed by atoms with Crippen LogP contribution in [0, 0.1) is 0 Å². The summed E-state index contributed by atoms with van der Waals surface area (Å²) >= 11 is 0. The normalized spacial score (nSPS) is 21.3. The number of aromatic amines is 1. The van der Waals surface area contributed by atoms with Crippen molar-refractivity contribution in [1.29, 1.82) is 0 Å². The summed E-state index contributed by atoms with van der Waals surface area (Å²) in [6.07, 6.45) is 6.69. The van der Waals surface area contributed by atoms with Crippen LogP contribution in [-0.2, 0) is 38.7 Å². The minimum Gasteiger partial charge on any atom is -0.440 e. The summed E-state index contributed by atoms with van der Waals surface area (Å²) in [5, 5.41) is 14.3. The number of likely N-dealkylation sites (tertiary alicyclic amines) is 2. The average Bonchev–Trinajstić information content (AvgIpc) is 4.00. The van der Waals surface area contributed by atoms with E-state index >= 15 is 0 Å². The van der Waals surface area contributed by atoms with E-state index in [4.69, 9.17) is 9.40 Å². The summed E-state index contributed by atoms with van der Waals surface area (Å²) in [7, 11) is 0. The fourth-order valence-electron chi connectivity index (χ4n) is 11.5. The van der Waals surface area contributed by atoms with Gasteiger partial charge in [-0.25, -0.2) is 9.78 Å². The van der Waals surface area contributed by atoms with Gasteiger partial charge in [-0.3, -0.25) is 34.5 Å². The van der Waals surface area contributed by atoms with Gasteiger partial charge in [-0.1, -0.05) is 42.5 Å². The molecule has 2 aromatic heterocycles. The quantitative estimate of drug-likeness (QED) is 0.121. The third kappa shape index (κ3) is 7.11. The van der Waals surface area contributed by atoms with Crippen molar-refractivity contribution < 1.29 is 28.4 Å². The molecule has 2 atom stereocenters. The van der Waals surface area contributed by atoms with Crippen LogP contribution in [0.5, 0.6) is 0 Å². The average molecular weight is 886 g/mol. The van der Waals surface area contributed by atoms with Gasteiger partial charge in [-0.05, 0) is 129 Å². The number of benzene rings is 4. The molecule has 6 amide bonds. The van der Waals surface area contributed by atoms with Crippen molar-refractivity contribution in [2.75, 3.05) is 42.9 Å². The number of aromatic nitrogens is 3. The molecule has 3 saturated heterocycles. The molecule has 0 bridgehead atoms. The van der Waals surface area contributed by atoms with E-state index in [9.17, 15) is 24.0 Å². The van der Waals surface area contributed by atoms with Crippen molar-refractivity contribution >= 4 is 63.0 Å². The van der Waals surface area contributed by atoms with E-state index in [-0.39, 0.29) is 47.9 Å². The maximum atomic E-state index is 13.7. The highest BCUT2D eigenvalue weighted by Gasteiger charge is 2.47. The number of fused-ring (bicyclic) bond motifs is 3. The number of oxazole rings is 1. The molecule has 6 aromatic rings. The molecule has 3 fully saturated rings. The lowest BCUT2D eigenvalue weighted by atomic mass is 9.77. The van der Waals surface area contributed by atoms with Gasteiger partial charge < -0.3 is 24.4 Å². The standard InChI is InChI=1S/C51H51N9O6/c61-44-16-15-42(48(63)54-44)60-41-14-12-34(35-8-4-9-36(46(35)41)50(60)64)30-17-20-57(21-18-30)19-5-10-45(62)58-27-33(28-58)49-52-38-13-11-31(23-43(38)66-49)47-37-22-32-26-59(25-29-6-2-1-3-7-29)51(65)53-39(32)24-40(37)55-56-47/h1-3,6-7,11-14,22-24,30,33,36,42H,4-5,8-10,15-21,25-28H2,(H,53,65)(H,55,56)(H,54,61,63). The Morgan fingerprint density at radius 3 is 2.55 bits per heavy atom. The van der Waals surface area contributed by atoms with Gasteiger partial charge in [0.2, 0.25) is 29.5 Å². The van der Waals surface area contributed by atoms with E-state index in [1.54, 1.807) is 4.90 Å². The number of anilines is 2. The minimum absolute atomic E-state index is 0.00209. The SMILES string of the molecule is O=C1CCC(N2C(=O)C3CCCc4c(C5CCN(CCCC(=O)N6CC(c7nc8ccc(-c9n[nH]c%10cc%11c(cc9%10)CN(Cc9ccccc9)C(=O)N%11)cc8o7)C6)CC5)ccc2c43)C(=O)N1. The molecular formula is C51H51N9O6. The Hall–Kier alpha value is -6.87. The number of urea groups is 1. The molecule has 1 aliphatic carbocycles. The zero-order chi connectivity index (χ0) is 44.6. The van der Waals surface area contributed by atoms with Crippen LogP contribution in [0.3, 0.4) is 0 Å². The lowest BCUT2D eigenvalue weighted by molar-refractivity contribution is -0.136. The highest BCUT2D eigenvalue weighted by atomic mass is 16.3. The van der Waals surface area contributed by atoms with Gasteiger partial charge in [-0.2, -0.15) is 5.10 Å². The van der Waals surface area contributed by atoms with Gasteiger partial charge in [-0.15, -0.1) is 0 Å². The van der Waals surface area contributed by atoms with Crippen molar-refractivity contribution in [2.24, 2.45) is 0 Å². The van der Waals surface area contributed by atoms with Gasteiger partial charge in [0.25, 0.3) is 0 Å². The van der Waals surface area contributed by atoms with Crippen LogP contribution in [0.2, 0.25) is 0 Å². The number of carbonyl (C=O) groups excluding carboxylic acids is 5. The summed E-state index contributed by atoms with van der Waals surface area (Å²) in [5.41, 5.74) is 11.5. The molecule has 0 radical (unpaired) electrons. The molecule has 15 nitrogen and oxygen atoms in total. The number of piperidine rings is 2. The Morgan fingerprint density at radius 2 is 1.71 bits per heavy atom. The van der Waals surface area contributed by atoms with Crippen molar-refractivity contribution in [1.82, 2.24) is 35.2 Å². The van der Waals surface area contributed by atoms with Gasteiger partial charge in [0.15, 0.2) is 5.58 Å². The van der Waals surface area contributed by atoms with Crippen LogP contribution < -0.4 is 15.5 Å². The molecule has 3 N–H and O–H groups in total. The Bertz CT molecular complexity index is 2970. The molecule has 0 saturated carbocycles. The summed E-state index contributed by atoms with van der Waals surface area (Å²) in [6.45, 7) is 5.02. The Labute approximate surface area is 380 Å². The summed E-state index contributed by atoms with van der Waals surface area (Å²) in [4.78, 5) is 77.3. The number of carbonyl (C=O) groups is 5. The van der Waals surface area contributed by atoms with Crippen LogP contribution >= 0.6 is 0 Å². The van der Waals surface area contributed by atoms with Gasteiger partial charge in [0.1, 0.15) is 17.3 Å². The van der Waals surface area contributed by atoms with Crippen molar-refractivity contribution in [3.63, 3.8) is 0 Å². The van der Waals surface area contributed by atoms with Crippen molar-refractivity contribution in [2.45, 2.75) is 94.7 Å². The maximum Gasteiger partial charge on any atom is 0.322 e. The highest BCUT2D eigenvalue weighted by molar-refractivity contribution is 6.12. The fourth-order valence-corrected chi connectivity index (χ4v) is 11.5. The first-order chi connectivity index (χ1) is 32.2. The highest BCUT2D eigenvalue weighted by Crippen LogP contribution is 2.50. The Morgan fingerprint density at radius 1 is 0.864 bits per heavy atom. The number of hydrogen-bond donors (Lipinski definition) is 3. The third-order valence-electron chi connectivity index (χ3n) is 15.0. The van der Waals surface area contributed by atoms with E-state index in [2.05, 4.69) is 43.9 Å². The predicted molar refractivity (Wildman–Crippen MR) is 247 cm³/mol. The number of nitrogens with one attached hydrogen (secondary N) is 3. The minimum atomic E-state index is -0.631. The largest absolute Gasteiger partial charge is 0.440 e. The van der Waals surface area contributed by atoms with Crippen molar-refractivity contribution in [3.05, 3.63) is 107 Å². The van der Waals surface area contributed by atoms with E-state index in [0.717, 1.165) is 114 Å². The Balaban J connectivity index is 0.635. The van der Waals surface area contributed by atoms with Gasteiger partial charge in [0.05, 0.1) is 17.4 Å². The van der Waals surface area contributed by atoms with E-state index in [0.29, 0.717) is 56.4 Å². The van der Waals surface area contributed by atoms with Crippen LogP contribution in [-0.4, -0.2) is 98.3 Å². The second kappa shape index (κ2) is 16.2. The first-order valence-electron chi connectivity index (χ1n) is 23.6. The summed E-state index contributed by atoms with van der Waals surface area (Å²) in [6, 6.07) is 23.5. The molecule has 336 valence electrons. The lowest BCUT2D eigenvalue weighted by Gasteiger charge is -2.38. The zero-order valence-corrected chi connectivity index (χ0v) is 36.7. The molecule has 66 heavy (non-hydrogen) atoms. The monoisotopic (exact) mass is 885 g/mol. The van der Waals surface area contributed by atoms with E-state index in [1.165, 1.54) is 11.1 Å². The first kappa shape index (κ1) is 40.6. The third-order valence-corrected chi connectivity index (χ3v) is 15.0. The molecule has 0 spiro atoms. The number of imide groups is 1. The summed E-state index contributed by atoms with van der Waals surface area (Å²) < 4.78 is 6.32. The summed E-state index contributed by atoms with van der Waals surface area (Å²) in [5.74, 6) is 0.434. The fraction of sp³-hybridized carbons (Fsp3) is 0.392. The van der Waals surface area contributed by atoms with Gasteiger partial charge >= 0.3 is 6.03 Å². The number of hydrogen-bond acceptors (Lipinski definition) is 9. The molecular weight excluding hydrogens is 835 g/mol. The Kier molecular flexibility index (Phi) is 9.99. The molecule has 2 unspecified atom stereocenters. The van der Waals surface area contributed by atoms with Crippen LogP contribution in [0.4, 0.5) is 16.2 Å². The molecule has 15 heteroatoms. The second-order valence-corrected chi connectivity index (χ2v) is 19.0. The van der Waals surface area contributed by atoms with Crippen LogP contribution in [0.25, 0.3) is 33.3 Å². The number of H-pyrrole nitrogens is 1. The van der Waals surface area contributed by atoms with Gasteiger partial charge in [0, 0.05) is 61.3 Å². The molecule has 7 heterocycles. The smallest absolute Gasteiger partial charge is 0.322 e. The molecule has 12 rings (SSSR count). The lowest BCUT2D eigenvalue weighted by Crippen LogP contribution is -2.54. The maximum absolute atomic E-state index is 13.7. The predicted octanol–water partition coefficient (Wildman–Crippen LogP) is 7.08. The first-order valence-corrected chi connectivity index (χ1v) is 23.6. The molecule has 5 aliphatic heterocycles. The number of rotatable bonds is 10.